The van der Waals surface area contributed by atoms with Crippen LogP contribution in [-0.4, -0.2) is 52.2 Å². The number of nitrogens with zero attached hydrogens (tertiary/aromatic N) is 4. The number of halogens is 4. The van der Waals surface area contributed by atoms with Gasteiger partial charge in [0.15, 0.2) is 5.82 Å². The van der Waals surface area contributed by atoms with Gasteiger partial charge in [-0.25, -0.2) is 14.2 Å². The molecule has 2 aromatic rings. The van der Waals surface area contributed by atoms with Gasteiger partial charge in [0.1, 0.15) is 16.9 Å². The number of carbonyl (C=O) groups excluding carboxylic acids is 1. The Kier molecular flexibility index (Phi) is 5.79. The maximum absolute atomic E-state index is 14.8. The normalized spacial score (nSPS) is 21.8. The van der Waals surface area contributed by atoms with E-state index in [4.69, 9.17) is 27.9 Å². The Morgan fingerprint density at radius 1 is 1.30 bits per heavy atom. The third-order valence-corrected chi connectivity index (χ3v) is 6.92. The van der Waals surface area contributed by atoms with Crippen molar-refractivity contribution in [2.24, 2.45) is 5.92 Å². The number of anilines is 1. The molecular weight excluding hydrogens is 498 g/mol. The summed E-state index contributed by atoms with van der Waals surface area (Å²) in [5, 5.41) is 0.689. The number of aromatic nitrogens is 2. The molecule has 10 heteroatoms. The number of rotatable bonds is 1. The monoisotopic (exact) mass is 518 g/mol. The van der Waals surface area contributed by atoms with Crippen LogP contribution in [0.1, 0.15) is 33.6 Å². The van der Waals surface area contributed by atoms with Gasteiger partial charge in [0, 0.05) is 25.0 Å². The lowest BCUT2D eigenvalue weighted by Gasteiger charge is -2.34. The van der Waals surface area contributed by atoms with Crippen LogP contribution < -0.4 is 4.90 Å². The Labute approximate surface area is 192 Å². The lowest BCUT2D eigenvalue weighted by atomic mass is 10.0. The van der Waals surface area contributed by atoms with E-state index in [-0.39, 0.29) is 32.4 Å². The van der Waals surface area contributed by atoms with E-state index in [1.165, 1.54) is 0 Å². The summed E-state index contributed by atoms with van der Waals surface area (Å²) in [7, 11) is 0. The highest BCUT2D eigenvalue weighted by Gasteiger charge is 2.41. The van der Waals surface area contributed by atoms with Gasteiger partial charge in [0.2, 0.25) is 5.28 Å². The number of ether oxygens (including phenoxy) is 1. The van der Waals surface area contributed by atoms with Gasteiger partial charge in [0.25, 0.3) is 0 Å². The Bertz CT molecular complexity index is 1020. The van der Waals surface area contributed by atoms with Crippen molar-refractivity contribution in [1.82, 2.24) is 14.9 Å². The Morgan fingerprint density at radius 3 is 2.73 bits per heavy atom. The van der Waals surface area contributed by atoms with E-state index in [9.17, 15) is 9.18 Å². The molecule has 162 valence electrons. The highest BCUT2D eigenvalue weighted by atomic mass is 79.9. The quantitative estimate of drug-likeness (QED) is 0.358. The molecule has 0 aliphatic carbocycles. The number of amides is 1. The van der Waals surface area contributed by atoms with Crippen LogP contribution in [0.25, 0.3) is 10.9 Å². The molecule has 6 nitrogen and oxygen atoms in total. The lowest BCUT2D eigenvalue weighted by molar-refractivity contribution is 0.0221. The second-order valence-corrected chi connectivity index (χ2v) is 10.4. The van der Waals surface area contributed by atoms with E-state index in [1.54, 1.807) is 11.0 Å². The highest BCUT2D eigenvalue weighted by Crippen LogP contribution is 2.38. The molecule has 2 atom stereocenters. The van der Waals surface area contributed by atoms with Crippen LogP contribution in [0.3, 0.4) is 0 Å². The van der Waals surface area contributed by atoms with Gasteiger partial charge in [-0.1, -0.05) is 11.6 Å². The molecule has 1 aromatic carbocycles. The number of fused-ring (bicyclic) bond motifs is 3. The number of hydrogen-bond donors (Lipinski definition) is 0. The predicted molar refractivity (Wildman–Crippen MR) is 119 cm³/mol. The van der Waals surface area contributed by atoms with E-state index in [1.807, 2.05) is 25.7 Å². The zero-order valence-electron chi connectivity index (χ0n) is 16.9. The lowest BCUT2D eigenvalue weighted by Crippen LogP contribution is -2.46. The molecular formula is C20H22BrCl2FN4O2. The fourth-order valence-electron chi connectivity index (χ4n) is 4.19. The van der Waals surface area contributed by atoms with Crippen molar-refractivity contribution >= 4 is 61.9 Å². The maximum Gasteiger partial charge on any atom is 0.410 e. The predicted octanol–water partition coefficient (Wildman–Crippen LogP) is 5.67. The zero-order valence-corrected chi connectivity index (χ0v) is 20.0. The van der Waals surface area contributed by atoms with Crippen molar-refractivity contribution in [3.63, 3.8) is 0 Å². The van der Waals surface area contributed by atoms with E-state index in [2.05, 4.69) is 25.9 Å². The fraction of sp³-hybridized carbons (Fsp3) is 0.550. The molecule has 3 heterocycles. The van der Waals surface area contributed by atoms with Gasteiger partial charge < -0.3 is 14.5 Å². The minimum Gasteiger partial charge on any atom is -0.444 e. The number of carbonyl (C=O) groups is 1. The van der Waals surface area contributed by atoms with Crippen LogP contribution >= 0.6 is 39.1 Å². The average molecular weight is 520 g/mol. The summed E-state index contributed by atoms with van der Waals surface area (Å²) in [4.78, 5) is 25.0. The van der Waals surface area contributed by atoms with Crippen LogP contribution in [0.15, 0.2) is 10.5 Å². The third-order valence-electron chi connectivity index (χ3n) is 5.45. The largest absolute Gasteiger partial charge is 0.444 e. The number of likely N-dealkylation sites (tertiary alicyclic amines) is 1. The van der Waals surface area contributed by atoms with Crippen LogP contribution in [0, 0.1) is 11.7 Å². The standard InChI is InChI=1S/C20H22BrCl2FN4O2/c1-20(2,3)30-19(29)28-8-10-4-5-27(9-11(28)6-10)17-12-7-13(22)14(21)15(24)16(12)25-18(23)26-17/h7,10-11H,4-6,8-9H2,1-3H3. The van der Waals surface area contributed by atoms with Crippen LogP contribution in [0.4, 0.5) is 15.0 Å². The molecule has 0 spiro atoms. The van der Waals surface area contributed by atoms with Crippen molar-refractivity contribution in [2.45, 2.75) is 45.3 Å². The average Bonchev–Trinajstić information content (AvgIpc) is 2.92. The minimum atomic E-state index is -0.574. The van der Waals surface area contributed by atoms with Crippen molar-refractivity contribution < 1.29 is 13.9 Å². The van der Waals surface area contributed by atoms with Crippen LogP contribution in [0.2, 0.25) is 10.3 Å². The Balaban J connectivity index is 1.69. The summed E-state index contributed by atoms with van der Waals surface area (Å²) in [6, 6.07) is 1.62. The van der Waals surface area contributed by atoms with E-state index >= 15 is 0 Å². The van der Waals surface area contributed by atoms with E-state index in [0.717, 1.165) is 19.4 Å². The maximum atomic E-state index is 14.8. The zero-order chi connectivity index (χ0) is 21.8. The molecule has 2 aliphatic heterocycles. The van der Waals surface area contributed by atoms with E-state index in [0.29, 0.717) is 30.2 Å². The molecule has 2 unspecified atom stereocenters. The minimum absolute atomic E-state index is 0.0214. The Morgan fingerprint density at radius 2 is 2.03 bits per heavy atom. The van der Waals surface area contributed by atoms with Gasteiger partial charge >= 0.3 is 6.09 Å². The molecule has 1 aromatic heterocycles. The first-order valence-electron chi connectivity index (χ1n) is 9.79. The SMILES string of the molecule is CC(C)(C)OC(=O)N1CC2CCN(c3nc(Cl)nc4c(F)c(Br)c(Cl)cc34)CC1C2. The molecule has 1 amide bonds. The molecule has 30 heavy (non-hydrogen) atoms. The van der Waals surface area contributed by atoms with Gasteiger partial charge in [-0.15, -0.1) is 0 Å². The van der Waals surface area contributed by atoms with Crippen molar-refractivity contribution in [2.75, 3.05) is 24.5 Å². The molecule has 0 radical (unpaired) electrons. The number of benzene rings is 1. The second-order valence-electron chi connectivity index (χ2n) is 8.82. The van der Waals surface area contributed by atoms with Crippen LogP contribution in [0.5, 0.6) is 0 Å². The summed E-state index contributed by atoms with van der Waals surface area (Å²) < 4.78 is 20.5. The van der Waals surface area contributed by atoms with Crippen molar-refractivity contribution in [3.8, 4) is 0 Å². The molecule has 0 saturated carbocycles. The summed E-state index contributed by atoms with van der Waals surface area (Å²) in [5.41, 5.74) is -0.443. The Hall–Kier alpha value is -1.38. The van der Waals surface area contributed by atoms with Crippen LogP contribution in [-0.2, 0) is 4.74 Å². The molecule has 2 aliphatic rings. The summed E-state index contributed by atoms with van der Waals surface area (Å²) in [6.45, 7) is 7.53. The highest BCUT2D eigenvalue weighted by molar-refractivity contribution is 9.10. The third kappa shape index (κ3) is 4.18. The van der Waals surface area contributed by atoms with Gasteiger partial charge in [0.05, 0.1) is 15.5 Å². The fourth-order valence-corrected chi connectivity index (χ4v) is 4.85. The summed E-state index contributed by atoms with van der Waals surface area (Å²) >= 11 is 15.5. The van der Waals surface area contributed by atoms with Crippen molar-refractivity contribution in [1.29, 1.82) is 0 Å². The molecule has 2 saturated heterocycles. The van der Waals surface area contributed by atoms with Crippen molar-refractivity contribution in [3.05, 3.63) is 26.7 Å². The first-order chi connectivity index (χ1) is 14.0. The van der Waals surface area contributed by atoms with Gasteiger partial charge in [-0.3, -0.25) is 0 Å². The van der Waals surface area contributed by atoms with Gasteiger partial charge in [-0.05, 0) is 73.1 Å². The molecule has 2 fully saturated rings. The first-order valence-corrected chi connectivity index (χ1v) is 11.3. The van der Waals surface area contributed by atoms with E-state index < -0.39 is 11.4 Å². The first kappa shape index (κ1) is 21.8. The molecule has 2 bridgehead atoms. The summed E-state index contributed by atoms with van der Waals surface area (Å²) in [5.74, 6) is 0.329. The number of hydrogen-bond acceptors (Lipinski definition) is 5. The smallest absolute Gasteiger partial charge is 0.410 e. The topological polar surface area (TPSA) is 58.6 Å². The second kappa shape index (κ2) is 7.95. The molecule has 4 rings (SSSR count). The summed E-state index contributed by atoms with van der Waals surface area (Å²) in [6.07, 6.45) is 1.47. The molecule has 0 N–H and O–H groups in total. The van der Waals surface area contributed by atoms with Gasteiger partial charge in [-0.2, -0.15) is 4.98 Å².